The Morgan fingerprint density at radius 3 is 1.60 bits per heavy atom. The summed E-state index contributed by atoms with van der Waals surface area (Å²) in [5, 5.41) is 9.21. The fourth-order valence-electron chi connectivity index (χ4n) is 0.840. The van der Waals surface area contributed by atoms with Crippen LogP contribution in [0.1, 0.15) is 5.56 Å². The number of hydrogen-bond donors (Lipinski definition) is 4. The number of rotatable bonds is 1. The highest BCUT2D eigenvalue weighted by Crippen LogP contribution is 2.19. The van der Waals surface area contributed by atoms with E-state index >= 15 is 0 Å². The molecule has 0 heterocycles. The molecule has 7 N–H and O–H groups in total. The van der Waals surface area contributed by atoms with Crippen molar-refractivity contribution in [2.24, 2.45) is 17.2 Å². The van der Waals surface area contributed by atoms with Crippen LogP contribution in [0.4, 0.5) is 0 Å². The number of nitrogens with two attached hydrogens (primary N) is 3. The molecular weight excluding hydrogens is 190 g/mol. The van der Waals surface area contributed by atoms with Gasteiger partial charge in [-0.3, -0.25) is 17.2 Å². The first-order valence-electron chi connectivity index (χ1n) is 4.17. The SMILES string of the molecule is C=C.C=C.NC(N)(N)c1ccccc1O. The molecule has 4 nitrogen and oxygen atoms in total. The van der Waals surface area contributed by atoms with Crippen LogP contribution in [0, 0.1) is 0 Å². The van der Waals surface area contributed by atoms with E-state index in [4.69, 9.17) is 17.2 Å². The molecule has 1 aromatic carbocycles. The molecule has 0 aliphatic rings. The molecule has 0 saturated heterocycles. The third kappa shape index (κ3) is 5.64. The number of phenols is 1. The van der Waals surface area contributed by atoms with Crippen molar-refractivity contribution in [3.63, 3.8) is 0 Å². The largest absolute Gasteiger partial charge is 0.507 e. The Morgan fingerprint density at radius 2 is 1.33 bits per heavy atom. The Morgan fingerprint density at radius 1 is 0.933 bits per heavy atom. The van der Waals surface area contributed by atoms with E-state index < -0.39 is 5.79 Å². The van der Waals surface area contributed by atoms with Gasteiger partial charge < -0.3 is 5.11 Å². The van der Waals surface area contributed by atoms with Crippen molar-refractivity contribution in [1.82, 2.24) is 0 Å². The van der Waals surface area contributed by atoms with E-state index in [1.54, 1.807) is 18.2 Å². The van der Waals surface area contributed by atoms with Crippen LogP contribution < -0.4 is 17.2 Å². The minimum atomic E-state index is -1.47. The average molecular weight is 209 g/mol. The molecule has 15 heavy (non-hydrogen) atoms. The smallest absolute Gasteiger partial charge is 0.146 e. The number of phenolic OH excluding ortho intramolecular Hbond substituents is 1. The van der Waals surface area contributed by atoms with Crippen LogP contribution >= 0.6 is 0 Å². The van der Waals surface area contributed by atoms with Gasteiger partial charge in [-0.15, -0.1) is 26.3 Å². The fourth-order valence-corrected chi connectivity index (χ4v) is 0.840. The molecule has 0 aromatic heterocycles. The number of benzene rings is 1. The second-order valence-corrected chi connectivity index (χ2v) is 2.45. The highest BCUT2D eigenvalue weighted by Gasteiger charge is 2.18. The van der Waals surface area contributed by atoms with Gasteiger partial charge in [-0.05, 0) is 6.07 Å². The fraction of sp³-hybridized carbons (Fsp3) is 0.0909. The second-order valence-electron chi connectivity index (χ2n) is 2.45. The summed E-state index contributed by atoms with van der Waals surface area (Å²) in [6, 6.07) is 6.44. The van der Waals surface area contributed by atoms with Crippen LogP contribution in [-0.4, -0.2) is 5.11 Å². The standard InChI is InChI=1S/C7H11N3O.2C2H4/c8-7(9,10)5-3-1-2-4-6(5)11;2*1-2/h1-4,11H,8-10H2;2*1-2H2. The van der Waals surface area contributed by atoms with E-state index in [1.165, 1.54) is 6.07 Å². The van der Waals surface area contributed by atoms with E-state index in [2.05, 4.69) is 26.3 Å². The number of aromatic hydroxyl groups is 1. The summed E-state index contributed by atoms with van der Waals surface area (Å²) in [5.74, 6) is -1.45. The third-order valence-corrected chi connectivity index (χ3v) is 1.37. The average Bonchev–Trinajstić information content (AvgIpc) is 2.23. The number of hydrogen-bond acceptors (Lipinski definition) is 4. The molecule has 0 saturated carbocycles. The van der Waals surface area contributed by atoms with Crippen molar-refractivity contribution in [1.29, 1.82) is 0 Å². The van der Waals surface area contributed by atoms with Crippen LogP contribution in [0.5, 0.6) is 5.75 Å². The van der Waals surface area contributed by atoms with Gasteiger partial charge in [-0.25, -0.2) is 0 Å². The highest BCUT2D eigenvalue weighted by molar-refractivity contribution is 5.35. The first-order chi connectivity index (χ1) is 7.02. The molecule has 0 aliphatic heterocycles. The van der Waals surface area contributed by atoms with Crippen LogP contribution in [-0.2, 0) is 5.79 Å². The Balaban J connectivity index is 0. The Labute approximate surface area is 90.7 Å². The summed E-state index contributed by atoms with van der Waals surface area (Å²) in [5.41, 5.74) is 16.4. The molecule has 0 fully saturated rings. The summed E-state index contributed by atoms with van der Waals surface area (Å²) in [4.78, 5) is 0. The van der Waals surface area contributed by atoms with Gasteiger partial charge in [0.05, 0.1) is 0 Å². The predicted octanol–water partition coefficient (Wildman–Crippen LogP) is 0.983. The Hall–Kier alpha value is -1.62. The minimum Gasteiger partial charge on any atom is -0.507 e. The molecule has 0 amide bonds. The van der Waals surface area contributed by atoms with Gasteiger partial charge in [-0.1, -0.05) is 18.2 Å². The maximum Gasteiger partial charge on any atom is 0.146 e. The van der Waals surface area contributed by atoms with Crippen LogP contribution in [0.3, 0.4) is 0 Å². The monoisotopic (exact) mass is 209 g/mol. The first-order valence-corrected chi connectivity index (χ1v) is 4.17. The first kappa shape index (κ1) is 15.8. The molecule has 84 valence electrons. The topological polar surface area (TPSA) is 98.3 Å². The van der Waals surface area contributed by atoms with Crippen LogP contribution in [0.2, 0.25) is 0 Å². The molecule has 0 bridgehead atoms. The van der Waals surface area contributed by atoms with E-state index in [0.29, 0.717) is 5.56 Å². The predicted molar refractivity (Wildman–Crippen MR) is 64.9 cm³/mol. The molecule has 1 aromatic rings. The Bertz CT molecular complexity index is 279. The maximum atomic E-state index is 9.21. The molecule has 4 heteroatoms. The van der Waals surface area contributed by atoms with Gasteiger partial charge in [0, 0.05) is 5.56 Å². The summed E-state index contributed by atoms with van der Waals surface area (Å²) in [7, 11) is 0. The van der Waals surface area contributed by atoms with Gasteiger partial charge in [0.2, 0.25) is 0 Å². The third-order valence-electron chi connectivity index (χ3n) is 1.37. The van der Waals surface area contributed by atoms with Crippen molar-refractivity contribution < 1.29 is 5.11 Å². The molecule has 0 spiro atoms. The maximum absolute atomic E-state index is 9.21. The zero-order valence-corrected chi connectivity index (χ0v) is 8.82. The quantitative estimate of drug-likeness (QED) is 0.409. The molecule has 0 radical (unpaired) electrons. The van der Waals surface area contributed by atoms with Crippen molar-refractivity contribution in [2.75, 3.05) is 0 Å². The Kier molecular flexibility index (Phi) is 8.18. The van der Waals surface area contributed by atoms with E-state index in [1.807, 2.05) is 0 Å². The molecular formula is C11H19N3O. The van der Waals surface area contributed by atoms with Crippen molar-refractivity contribution in [3.8, 4) is 5.75 Å². The normalized spacial score (nSPS) is 9.00. The van der Waals surface area contributed by atoms with E-state index in [9.17, 15) is 5.11 Å². The molecule has 0 atom stereocenters. The van der Waals surface area contributed by atoms with Gasteiger partial charge in [0.25, 0.3) is 0 Å². The zero-order chi connectivity index (χ0) is 12.5. The van der Waals surface area contributed by atoms with Gasteiger partial charge in [-0.2, -0.15) is 0 Å². The van der Waals surface area contributed by atoms with Gasteiger partial charge >= 0.3 is 0 Å². The van der Waals surface area contributed by atoms with Crippen molar-refractivity contribution in [2.45, 2.75) is 5.79 Å². The van der Waals surface area contributed by atoms with Crippen molar-refractivity contribution in [3.05, 3.63) is 56.1 Å². The van der Waals surface area contributed by atoms with E-state index in [0.717, 1.165) is 0 Å². The second kappa shape index (κ2) is 7.75. The molecule has 0 aliphatic carbocycles. The highest BCUT2D eigenvalue weighted by atomic mass is 16.3. The number of para-hydroxylation sites is 1. The lowest BCUT2D eigenvalue weighted by atomic mass is 10.1. The molecule has 1 rings (SSSR count). The zero-order valence-electron chi connectivity index (χ0n) is 8.82. The summed E-state index contributed by atoms with van der Waals surface area (Å²) in [6.07, 6.45) is 0. The van der Waals surface area contributed by atoms with Crippen LogP contribution in [0.15, 0.2) is 50.6 Å². The van der Waals surface area contributed by atoms with Crippen molar-refractivity contribution >= 4 is 0 Å². The summed E-state index contributed by atoms with van der Waals surface area (Å²) < 4.78 is 0. The van der Waals surface area contributed by atoms with Crippen LogP contribution in [0.25, 0.3) is 0 Å². The lowest BCUT2D eigenvalue weighted by Crippen LogP contribution is -2.54. The lowest BCUT2D eigenvalue weighted by Gasteiger charge is -2.19. The lowest BCUT2D eigenvalue weighted by molar-refractivity contribution is 0.421. The van der Waals surface area contributed by atoms with Gasteiger partial charge in [0.1, 0.15) is 11.5 Å². The molecule has 0 unspecified atom stereocenters. The van der Waals surface area contributed by atoms with E-state index in [-0.39, 0.29) is 5.75 Å². The van der Waals surface area contributed by atoms with Gasteiger partial charge in [0.15, 0.2) is 0 Å². The summed E-state index contributed by atoms with van der Waals surface area (Å²) in [6.45, 7) is 12.0. The summed E-state index contributed by atoms with van der Waals surface area (Å²) >= 11 is 0. The minimum absolute atomic E-state index is 0.0139.